The number of halogens is 1. The summed E-state index contributed by atoms with van der Waals surface area (Å²) in [6, 6.07) is 5.95. The highest BCUT2D eigenvalue weighted by molar-refractivity contribution is 7.86. The molecule has 0 unspecified atom stereocenters. The average molecular weight is 372 g/mol. The minimum atomic E-state index is -3.59. The van der Waals surface area contributed by atoms with Gasteiger partial charge in [-0.25, -0.2) is 4.39 Å². The number of nitrogens with zero attached hydrogens (tertiary/aromatic N) is 2. The van der Waals surface area contributed by atoms with Crippen molar-refractivity contribution in [2.75, 3.05) is 46.0 Å². The molecule has 2 aliphatic heterocycles. The lowest BCUT2D eigenvalue weighted by Crippen LogP contribution is -2.47. The van der Waals surface area contributed by atoms with Crippen LogP contribution in [0.4, 0.5) is 4.39 Å². The van der Waals surface area contributed by atoms with Crippen LogP contribution >= 0.6 is 0 Å². The smallest absolute Gasteiger partial charge is 0.264 e. The van der Waals surface area contributed by atoms with Gasteiger partial charge in [-0.15, -0.1) is 0 Å². The van der Waals surface area contributed by atoms with Crippen molar-refractivity contribution in [2.24, 2.45) is 0 Å². The number of likely N-dealkylation sites (N-methyl/N-ethyl adjacent to an activating group) is 1. The Hall–Kier alpha value is -1.06. The van der Waals surface area contributed by atoms with Crippen molar-refractivity contribution in [1.29, 1.82) is 0 Å². The molecule has 3 atom stereocenters. The molecule has 2 fully saturated rings. The van der Waals surface area contributed by atoms with Crippen LogP contribution in [-0.4, -0.2) is 76.5 Å². The first-order chi connectivity index (χ1) is 11.8. The highest BCUT2D eigenvalue weighted by atomic mass is 32.2. The highest BCUT2D eigenvalue weighted by Crippen LogP contribution is 2.36. The molecule has 140 valence electrons. The van der Waals surface area contributed by atoms with Gasteiger partial charge >= 0.3 is 0 Å². The second-order valence-corrected chi connectivity index (χ2v) is 8.51. The van der Waals surface area contributed by atoms with Crippen LogP contribution in [0.1, 0.15) is 18.1 Å². The maximum Gasteiger partial charge on any atom is 0.264 e. The summed E-state index contributed by atoms with van der Waals surface area (Å²) in [6.07, 6.45) is 0.347. The van der Waals surface area contributed by atoms with Gasteiger partial charge in [0.15, 0.2) is 0 Å². The molecule has 1 aromatic rings. The molecule has 2 saturated heterocycles. The quantitative estimate of drug-likeness (QED) is 0.725. The van der Waals surface area contributed by atoms with Crippen molar-refractivity contribution in [3.63, 3.8) is 0 Å². The van der Waals surface area contributed by atoms with E-state index in [1.807, 2.05) is 0 Å². The largest absolute Gasteiger partial charge is 0.366 e. The van der Waals surface area contributed by atoms with Gasteiger partial charge in [0.1, 0.15) is 18.0 Å². The summed E-state index contributed by atoms with van der Waals surface area (Å²) in [5.41, 5.74) is 0.732. The minimum Gasteiger partial charge on any atom is -0.366 e. The third kappa shape index (κ3) is 5.21. The van der Waals surface area contributed by atoms with Crippen LogP contribution in [0, 0.1) is 5.82 Å². The summed E-state index contributed by atoms with van der Waals surface area (Å²) in [6.45, 7) is 4.70. The first-order valence-electron chi connectivity index (χ1n) is 8.50. The van der Waals surface area contributed by atoms with E-state index in [1.165, 1.54) is 12.1 Å². The van der Waals surface area contributed by atoms with E-state index in [4.69, 9.17) is 8.92 Å². The Labute approximate surface area is 148 Å². The summed E-state index contributed by atoms with van der Waals surface area (Å²) in [7, 11) is -1.49. The lowest BCUT2D eigenvalue weighted by atomic mass is 10.0. The molecule has 0 spiro atoms. The number of hydrogen-bond acceptors (Lipinski definition) is 6. The van der Waals surface area contributed by atoms with Crippen LogP contribution in [0.2, 0.25) is 0 Å². The standard InChI is InChI=1S/C17H25FN2O4S/c1-19-7-9-20(10-8-19)12-15-11-16(24-25(2,21)22)17(23-15)13-3-5-14(18)6-4-13/h3-6,15-17H,7-12H2,1-2H3/t15-,16-,17-/m0/s1. The van der Waals surface area contributed by atoms with Crippen LogP contribution in [-0.2, 0) is 19.0 Å². The van der Waals surface area contributed by atoms with Gasteiger partial charge in [0.25, 0.3) is 10.1 Å². The van der Waals surface area contributed by atoms with Gasteiger partial charge in [-0.2, -0.15) is 8.42 Å². The Balaban J connectivity index is 1.69. The van der Waals surface area contributed by atoms with Crippen LogP contribution in [0.5, 0.6) is 0 Å². The van der Waals surface area contributed by atoms with Crippen molar-refractivity contribution in [2.45, 2.75) is 24.7 Å². The third-order valence-electron chi connectivity index (χ3n) is 4.73. The Bertz CT molecular complexity index is 674. The maximum atomic E-state index is 13.2. The van der Waals surface area contributed by atoms with Gasteiger partial charge in [0.05, 0.1) is 12.4 Å². The molecule has 0 N–H and O–H groups in total. The van der Waals surface area contributed by atoms with Crippen LogP contribution < -0.4 is 0 Å². The Kier molecular flexibility index (Phi) is 5.75. The molecule has 8 heteroatoms. The summed E-state index contributed by atoms with van der Waals surface area (Å²) in [4.78, 5) is 4.61. The molecule has 0 radical (unpaired) electrons. The lowest BCUT2D eigenvalue weighted by Gasteiger charge is -2.33. The van der Waals surface area contributed by atoms with Gasteiger partial charge in [-0.3, -0.25) is 9.08 Å². The highest BCUT2D eigenvalue weighted by Gasteiger charge is 2.39. The van der Waals surface area contributed by atoms with Crippen LogP contribution in [0.15, 0.2) is 24.3 Å². The number of rotatable bonds is 5. The summed E-state index contributed by atoms with van der Waals surface area (Å²) >= 11 is 0. The molecule has 0 amide bonds. The fourth-order valence-corrected chi connectivity index (χ4v) is 4.06. The first-order valence-corrected chi connectivity index (χ1v) is 10.3. The Morgan fingerprint density at radius 2 is 1.84 bits per heavy atom. The van der Waals surface area contributed by atoms with Crippen molar-refractivity contribution in [3.05, 3.63) is 35.6 Å². The normalized spacial score (nSPS) is 29.2. The predicted molar refractivity (Wildman–Crippen MR) is 92.3 cm³/mol. The van der Waals surface area contributed by atoms with Gasteiger partial charge < -0.3 is 9.64 Å². The predicted octanol–water partition coefficient (Wildman–Crippen LogP) is 1.25. The molecule has 2 heterocycles. The molecule has 0 bridgehead atoms. The van der Waals surface area contributed by atoms with E-state index >= 15 is 0 Å². The van der Waals surface area contributed by atoms with E-state index in [0.717, 1.165) is 44.5 Å². The van der Waals surface area contributed by atoms with E-state index < -0.39 is 22.3 Å². The third-order valence-corrected chi connectivity index (χ3v) is 5.32. The van der Waals surface area contributed by atoms with E-state index in [-0.39, 0.29) is 11.9 Å². The molecule has 0 aliphatic carbocycles. The Morgan fingerprint density at radius 1 is 1.20 bits per heavy atom. The molecular weight excluding hydrogens is 347 g/mol. The zero-order valence-electron chi connectivity index (χ0n) is 14.6. The molecule has 2 aliphatic rings. The average Bonchev–Trinajstić information content (AvgIpc) is 2.91. The van der Waals surface area contributed by atoms with E-state index in [1.54, 1.807) is 12.1 Å². The summed E-state index contributed by atoms with van der Waals surface area (Å²) in [5, 5.41) is 0. The fraction of sp³-hybridized carbons (Fsp3) is 0.647. The molecule has 0 aromatic heterocycles. The maximum absolute atomic E-state index is 13.2. The number of ether oxygens (including phenoxy) is 1. The second kappa shape index (κ2) is 7.67. The zero-order valence-corrected chi connectivity index (χ0v) is 15.4. The minimum absolute atomic E-state index is 0.106. The molecule has 0 saturated carbocycles. The van der Waals surface area contributed by atoms with Crippen molar-refractivity contribution >= 4 is 10.1 Å². The zero-order chi connectivity index (χ0) is 18.0. The van der Waals surface area contributed by atoms with Gasteiger partial charge in [0, 0.05) is 39.1 Å². The molecule has 1 aromatic carbocycles. The first kappa shape index (κ1) is 18.7. The van der Waals surface area contributed by atoms with Gasteiger partial charge in [0.2, 0.25) is 0 Å². The summed E-state index contributed by atoms with van der Waals surface area (Å²) < 4.78 is 47.7. The fourth-order valence-electron chi connectivity index (χ4n) is 3.43. The molecule has 3 rings (SSSR count). The van der Waals surface area contributed by atoms with Gasteiger partial charge in [-0.05, 0) is 24.7 Å². The van der Waals surface area contributed by atoms with Crippen molar-refractivity contribution in [1.82, 2.24) is 9.80 Å². The van der Waals surface area contributed by atoms with E-state index in [9.17, 15) is 12.8 Å². The topological polar surface area (TPSA) is 59.1 Å². The van der Waals surface area contributed by atoms with Crippen molar-refractivity contribution < 1.29 is 21.7 Å². The Morgan fingerprint density at radius 3 is 2.44 bits per heavy atom. The SMILES string of the molecule is CN1CCN(C[C@@H]2C[C@H](OS(C)(=O)=O)[C@H](c3ccc(F)cc3)O2)CC1. The van der Waals surface area contributed by atoms with E-state index in [0.29, 0.717) is 6.42 Å². The van der Waals surface area contributed by atoms with E-state index in [2.05, 4.69) is 16.8 Å². The molecular formula is C17H25FN2O4S. The van der Waals surface area contributed by atoms with Crippen molar-refractivity contribution in [3.8, 4) is 0 Å². The number of hydrogen-bond donors (Lipinski definition) is 0. The summed E-state index contributed by atoms with van der Waals surface area (Å²) in [5.74, 6) is -0.337. The van der Waals surface area contributed by atoms with Crippen LogP contribution in [0.3, 0.4) is 0 Å². The lowest BCUT2D eigenvalue weighted by molar-refractivity contribution is -0.00275. The second-order valence-electron chi connectivity index (χ2n) is 6.91. The molecule has 25 heavy (non-hydrogen) atoms. The van der Waals surface area contributed by atoms with Crippen LogP contribution in [0.25, 0.3) is 0 Å². The monoisotopic (exact) mass is 372 g/mol. The van der Waals surface area contributed by atoms with Gasteiger partial charge in [-0.1, -0.05) is 12.1 Å². The molecule has 6 nitrogen and oxygen atoms in total. The number of benzene rings is 1. The number of piperazine rings is 1.